The molecule has 4 nitrogen and oxygen atoms in total. The summed E-state index contributed by atoms with van der Waals surface area (Å²) in [6, 6.07) is 25.8. The Bertz CT molecular complexity index is 1430. The number of pyridine rings is 1. The number of benzene rings is 3. The Kier molecular flexibility index (Phi) is 5.55. The van der Waals surface area contributed by atoms with Crippen molar-refractivity contribution in [2.24, 2.45) is 5.41 Å². The first-order chi connectivity index (χ1) is 17.4. The first kappa shape index (κ1) is 22.8. The Labute approximate surface area is 213 Å². The summed E-state index contributed by atoms with van der Waals surface area (Å²) < 4.78 is 0. The van der Waals surface area contributed by atoms with Crippen molar-refractivity contribution in [1.82, 2.24) is 9.88 Å². The van der Waals surface area contributed by atoms with Crippen LogP contribution in [-0.2, 0) is 12.8 Å². The Balaban J connectivity index is 1.41. The molecule has 36 heavy (non-hydrogen) atoms. The summed E-state index contributed by atoms with van der Waals surface area (Å²) in [7, 11) is 0. The third-order valence-electron chi connectivity index (χ3n) is 8.15. The molecule has 2 aliphatic rings. The van der Waals surface area contributed by atoms with Crippen LogP contribution in [0.4, 0.5) is 5.69 Å². The molecule has 1 saturated heterocycles. The maximum atomic E-state index is 13.8. The number of carbonyl (C=O) groups excluding carboxylic acids is 1. The number of hydrogen-bond acceptors (Lipinski definition) is 3. The van der Waals surface area contributed by atoms with Crippen LogP contribution in [0.2, 0.25) is 0 Å². The summed E-state index contributed by atoms with van der Waals surface area (Å²) in [6.45, 7) is 8.05. The second kappa shape index (κ2) is 8.77. The molecule has 0 bridgehead atoms. The van der Waals surface area contributed by atoms with E-state index >= 15 is 0 Å². The predicted octanol–water partition coefficient (Wildman–Crippen LogP) is 6.66. The Morgan fingerprint density at radius 3 is 2.33 bits per heavy atom. The van der Waals surface area contributed by atoms with Gasteiger partial charge in [0, 0.05) is 41.2 Å². The van der Waals surface area contributed by atoms with Gasteiger partial charge in [-0.25, -0.2) is 0 Å². The monoisotopic (exact) mass is 475 g/mol. The summed E-state index contributed by atoms with van der Waals surface area (Å²) >= 11 is 0. The average molecular weight is 476 g/mol. The highest BCUT2D eigenvalue weighted by Crippen LogP contribution is 2.39. The molecular formula is C32H33N3O. The van der Waals surface area contributed by atoms with Gasteiger partial charge in [0.1, 0.15) is 0 Å². The number of rotatable bonds is 5. The fraction of sp³-hybridized carbons (Fsp3) is 0.312. The number of likely N-dealkylation sites (tertiary alicyclic amines) is 1. The lowest BCUT2D eigenvalue weighted by atomic mass is 9.79. The standard InChI is InChI=1S/C32H33N3O/c1-4-32(3)19-35(20-32)31(36)29-21(2)33-28-15-14-25(18-27(28)30(29)22-10-6-5-7-11-22)34-26-16-23-12-8-9-13-24(23)17-26/h5-15,18,26,34H,4,16-17,19-20H2,1-3H3. The molecule has 1 amide bonds. The Morgan fingerprint density at radius 2 is 1.67 bits per heavy atom. The molecule has 6 rings (SSSR count). The van der Waals surface area contributed by atoms with E-state index < -0.39 is 0 Å². The molecule has 0 unspecified atom stereocenters. The predicted molar refractivity (Wildman–Crippen MR) is 147 cm³/mol. The van der Waals surface area contributed by atoms with Crippen LogP contribution in [0.15, 0.2) is 72.8 Å². The lowest BCUT2D eigenvalue weighted by molar-refractivity contribution is 0.0134. The fourth-order valence-corrected chi connectivity index (χ4v) is 5.94. The SMILES string of the molecule is CCC1(C)CN(C(=O)c2c(C)nc3ccc(NC4Cc5ccccc5C4)cc3c2-c2ccccc2)C1. The second-order valence-electron chi connectivity index (χ2n) is 10.9. The van der Waals surface area contributed by atoms with E-state index in [4.69, 9.17) is 4.98 Å². The third-order valence-corrected chi connectivity index (χ3v) is 8.15. The highest BCUT2D eigenvalue weighted by Gasteiger charge is 2.41. The van der Waals surface area contributed by atoms with Gasteiger partial charge in [-0.15, -0.1) is 0 Å². The topological polar surface area (TPSA) is 45.2 Å². The molecule has 1 N–H and O–H groups in total. The summed E-state index contributed by atoms with van der Waals surface area (Å²) in [6.07, 6.45) is 3.14. The minimum absolute atomic E-state index is 0.0938. The molecular weight excluding hydrogens is 442 g/mol. The zero-order valence-electron chi connectivity index (χ0n) is 21.3. The molecule has 1 aromatic heterocycles. The normalized spacial score (nSPS) is 16.6. The van der Waals surface area contributed by atoms with Crippen LogP contribution in [0.3, 0.4) is 0 Å². The van der Waals surface area contributed by atoms with E-state index in [1.807, 2.05) is 30.0 Å². The molecule has 0 saturated carbocycles. The van der Waals surface area contributed by atoms with Crippen molar-refractivity contribution in [2.45, 2.75) is 46.1 Å². The van der Waals surface area contributed by atoms with Crippen molar-refractivity contribution in [3.05, 3.63) is 95.2 Å². The van der Waals surface area contributed by atoms with Crippen LogP contribution in [0, 0.1) is 12.3 Å². The van der Waals surface area contributed by atoms with Gasteiger partial charge in [-0.3, -0.25) is 9.78 Å². The number of fused-ring (bicyclic) bond motifs is 2. The Hall–Kier alpha value is -3.66. The average Bonchev–Trinajstić information content (AvgIpc) is 3.28. The first-order valence-electron chi connectivity index (χ1n) is 13.1. The number of amides is 1. The van der Waals surface area contributed by atoms with Gasteiger partial charge in [0.15, 0.2) is 0 Å². The van der Waals surface area contributed by atoms with E-state index in [1.54, 1.807) is 0 Å². The maximum absolute atomic E-state index is 13.8. The van der Waals surface area contributed by atoms with Gasteiger partial charge < -0.3 is 10.2 Å². The van der Waals surface area contributed by atoms with Crippen LogP contribution >= 0.6 is 0 Å². The minimum atomic E-state index is 0.0938. The van der Waals surface area contributed by atoms with E-state index in [-0.39, 0.29) is 11.3 Å². The molecule has 1 aliphatic heterocycles. The van der Waals surface area contributed by atoms with Gasteiger partial charge >= 0.3 is 0 Å². The molecule has 1 fully saturated rings. The molecule has 1 aliphatic carbocycles. The van der Waals surface area contributed by atoms with Gasteiger partial charge in [-0.1, -0.05) is 68.4 Å². The van der Waals surface area contributed by atoms with Crippen molar-refractivity contribution in [3.63, 3.8) is 0 Å². The van der Waals surface area contributed by atoms with Gasteiger partial charge in [-0.2, -0.15) is 0 Å². The number of nitrogens with one attached hydrogen (secondary N) is 1. The quantitative estimate of drug-likeness (QED) is 0.351. The van der Waals surface area contributed by atoms with Crippen LogP contribution < -0.4 is 5.32 Å². The smallest absolute Gasteiger partial charge is 0.256 e. The number of aromatic nitrogens is 1. The summed E-state index contributed by atoms with van der Waals surface area (Å²) in [5.41, 5.74) is 8.65. The van der Waals surface area contributed by atoms with Gasteiger partial charge in [0.05, 0.1) is 16.8 Å². The summed E-state index contributed by atoms with van der Waals surface area (Å²) in [5.74, 6) is 0.0938. The zero-order chi connectivity index (χ0) is 24.9. The summed E-state index contributed by atoms with van der Waals surface area (Å²) in [4.78, 5) is 20.7. The molecule has 3 aromatic carbocycles. The van der Waals surface area contributed by atoms with Crippen LogP contribution in [0.25, 0.3) is 22.0 Å². The van der Waals surface area contributed by atoms with Crippen molar-refractivity contribution in [2.75, 3.05) is 18.4 Å². The van der Waals surface area contributed by atoms with E-state index in [1.165, 1.54) is 11.1 Å². The van der Waals surface area contributed by atoms with Gasteiger partial charge in [0.25, 0.3) is 5.91 Å². The van der Waals surface area contributed by atoms with Crippen LogP contribution in [0.1, 0.15) is 47.4 Å². The van der Waals surface area contributed by atoms with Crippen molar-refractivity contribution >= 4 is 22.5 Å². The number of carbonyl (C=O) groups is 1. The largest absolute Gasteiger partial charge is 0.382 e. The van der Waals surface area contributed by atoms with E-state index in [2.05, 4.69) is 73.8 Å². The Morgan fingerprint density at radius 1 is 1.00 bits per heavy atom. The zero-order valence-corrected chi connectivity index (χ0v) is 21.3. The highest BCUT2D eigenvalue weighted by molar-refractivity contribution is 6.10. The molecule has 2 heterocycles. The summed E-state index contributed by atoms with van der Waals surface area (Å²) in [5, 5.41) is 4.78. The molecule has 0 radical (unpaired) electrons. The van der Waals surface area contributed by atoms with Gasteiger partial charge in [-0.05, 0) is 61.1 Å². The van der Waals surface area contributed by atoms with Gasteiger partial charge in [0.2, 0.25) is 0 Å². The van der Waals surface area contributed by atoms with Crippen molar-refractivity contribution in [1.29, 1.82) is 0 Å². The fourth-order valence-electron chi connectivity index (χ4n) is 5.94. The van der Waals surface area contributed by atoms with E-state index in [9.17, 15) is 4.79 Å². The minimum Gasteiger partial charge on any atom is -0.382 e. The number of nitrogens with zero attached hydrogens (tertiary/aromatic N) is 2. The molecule has 4 heteroatoms. The van der Waals surface area contributed by atoms with Crippen molar-refractivity contribution in [3.8, 4) is 11.1 Å². The lowest BCUT2D eigenvalue weighted by Gasteiger charge is -2.48. The number of hydrogen-bond donors (Lipinski definition) is 1. The number of aryl methyl sites for hydroxylation is 1. The maximum Gasteiger partial charge on any atom is 0.256 e. The van der Waals surface area contributed by atoms with Crippen LogP contribution in [-0.4, -0.2) is 34.9 Å². The molecule has 182 valence electrons. The van der Waals surface area contributed by atoms with Crippen molar-refractivity contribution < 1.29 is 4.79 Å². The molecule has 4 aromatic rings. The first-order valence-corrected chi connectivity index (χ1v) is 13.1. The molecule has 0 atom stereocenters. The van der Waals surface area contributed by atoms with Crippen LogP contribution in [0.5, 0.6) is 0 Å². The van der Waals surface area contributed by atoms with E-state index in [0.717, 1.165) is 71.3 Å². The lowest BCUT2D eigenvalue weighted by Crippen LogP contribution is -2.56. The second-order valence-corrected chi connectivity index (χ2v) is 10.9. The number of anilines is 1. The molecule has 0 spiro atoms. The van der Waals surface area contributed by atoms with E-state index in [0.29, 0.717) is 6.04 Å². The highest BCUT2D eigenvalue weighted by atomic mass is 16.2. The third kappa shape index (κ3) is 3.95.